The number of hydrogen-bond acceptors (Lipinski definition) is 1. The first-order valence-corrected chi connectivity index (χ1v) is 10.2. The molecule has 3 aromatic carbocycles. The summed E-state index contributed by atoms with van der Waals surface area (Å²) < 4.78 is 20.6. The van der Waals surface area contributed by atoms with Gasteiger partial charge in [0.1, 0.15) is 11.6 Å². The van der Waals surface area contributed by atoms with Gasteiger partial charge in [0.2, 0.25) is 0 Å². The number of rotatable bonds is 2. The van der Waals surface area contributed by atoms with Crippen LogP contribution >= 0.6 is 0 Å². The van der Waals surface area contributed by atoms with Crippen molar-refractivity contribution < 1.29 is 9.13 Å². The third kappa shape index (κ3) is 4.40. The topological polar surface area (TPSA) is 9.23 Å². The Bertz CT molecular complexity index is 1160. The van der Waals surface area contributed by atoms with Crippen molar-refractivity contribution in [3.63, 3.8) is 0 Å². The van der Waals surface area contributed by atoms with Gasteiger partial charge in [0.25, 0.3) is 0 Å². The summed E-state index contributed by atoms with van der Waals surface area (Å²) in [4.78, 5) is 0. The molecule has 0 spiro atoms. The van der Waals surface area contributed by atoms with Crippen LogP contribution in [0.4, 0.5) is 4.39 Å². The van der Waals surface area contributed by atoms with Crippen LogP contribution in [0.15, 0.2) is 60.7 Å². The van der Waals surface area contributed by atoms with Crippen molar-refractivity contribution in [3.05, 3.63) is 99.9 Å². The van der Waals surface area contributed by atoms with Crippen LogP contribution in [0, 0.1) is 36.4 Å². The molecule has 0 aliphatic heterocycles. The molecule has 1 aliphatic carbocycles. The minimum Gasteiger partial charge on any atom is -0.497 e. The summed E-state index contributed by atoms with van der Waals surface area (Å²) in [5.41, 5.74) is 4.85. The molecule has 4 rings (SSSR count). The highest BCUT2D eigenvalue weighted by Crippen LogP contribution is 2.40. The van der Waals surface area contributed by atoms with Gasteiger partial charge in [-0.25, -0.2) is 4.39 Å². The van der Waals surface area contributed by atoms with Gasteiger partial charge in [-0.2, -0.15) is 0 Å². The van der Waals surface area contributed by atoms with Crippen molar-refractivity contribution in [3.8, 4) is 29.4 Å². The average Bonchev–Trinajstić information content (AvgIpc) is 2.73. The van der Waals surface area contributed by atoms with Gasteiger partial charge in [-0.15, -0.1) is 0 Å². The lowest BCUT2D eigenvalue weighted by Gasteiger charge is -2.27. The number of halogens is 1. The van der Waals surface area contributed by atoms with Crippen LogP contribution in [0.3, 0.4) is 0 Å². The van der Waals surface area contributed by atoms with Crippen molar-refractivity contribution in [1.29, 1.82) is 0 Å². The van der Waals surface area contributed by atoms with Crippen LogP contribution in [0.25, 0.3) is 0 Å². The minimum absolute atomic E-state index is 0.221. The fourth-order valence-electron chi connectivity index (χ4n) is 3.48. The zero-order chi connectivity index (χ0) is 20.9. The zero-order valence-corrected chi connectivity index (χ0v) is 17.3. The Morgan fingerprint density at radius 3 is 1.90 bits per heavy atom. The van der Waals surface area contributed by atoms with Crippen molar-refractivity contribution in [1.82, 2.24) is 0 Å². The first-order chi connectivity index (χ1) is 14.6. The third-order valence-electron chi connectivity index (χ3n) is 5.52. The maximum Gasteiger partial charge on any atom is 0.143 e. The third-order valence-corrected chi connectivity index (χ3v) is 5.52. The van der Waals surface area contributed by atoms with Crippen LogP contribution in [-0.2, 0) is 0 Å². The molecule has 0 heterocycles. The second-order valence-electron chi connectivity index (χ2n) is 7.61. The van der Waals surface area contributed by atoms with Crippen LogP contribution in [0.1, 0.15) is 58.6 Å². The fourth-order valence-corrected chi connectivity index (χ4v) is 3.48. The molecule has 0 atom stereocenters. The van der Waals surface area contributed by atoms with Gasteiger partial charge < -0.3 is 4.74 Å². The van der Waals surface area contributed by atoms with Crippen molar-refractivity contribution in [2.24, 2.45) is 0 Å². The molecule has 30 heavy (non-hydrogen) atoms. The van der Waals surface area contributed by atoms with E-state index in [2.05, 4.69) is 23.7 Å². The molecule has 3 aromatic rings. The fraction of sp³-hybridized carbons (Fsp3) is 0.214. The van der Waals surface area contributed by atoms with E-state index in [0.29, 0.717) is 5.56 Å². The SMILES string of the molecule is COc1ccc(C#Cc2ccc(C#Cc3ccc(C)cc3)c(F)c2C2CCC2)cc1. The lowest BCUT2D eigenvalue weighted by Crippen LogP contribution is -2.13. The molecule has 0 saturated heterocycles. The van der Waals surface area contributed by atoms with Crippen LogP contribution in [0.2, 0.25) is 0 Å². The van der Waals surface area contributed by atoms with E-state index in [0.717, 1.165) is 47.3 Å². The standard InChI is InChI=1S/C28H23FO/c1-20-6-8-21(9-7-20)11-15-25-17-16-24(27(28(25)29)23-4-3-5-23)14-10-22-12-18-26(30-2)19-13-22/h6-9,12-13,16-19,23H,3-5H2,1-2H3. The van der Waals surface area contributed by atoms with E-state index in [1.807, 2.05) is 61.5 Å². The van der Waals surface area contributed by atoms with E-state index >= 15 is 4.39 Å². The Labute approximate surface area is 177 Å². The largest absolute Gasteiger partial charge is 0.497 e. The Kier molecular flexibility index (Phi) is 5.87. The molecule has 0 bridgehead atoms. The summed E-state index contributed by atoms with van der Waals surface area (Å²) >= 11 is 0. The molecular weight excluding hydrogens is 371 g/mol. The normalized spacial score (nSPS) is 12.8. The van der Waals surface area contributed by atoms with E-state index in [9.17, 15) is 0 Å². The first kappa shape index (κ1) is 19.8. The molecule has 1 saturated carbocycles. The Balaban J connectivity index is 1.68. The maximum atomic E-state index is 15.4. The molecule has 2 heteroatoms. The van der Waals surface area contributed by atoms with Gasteiger partial charge in [-0.3, -0.25) is 0 Å². The highest BCUT2D eigenvalue weighted by Gasteiger charge is 2.26. The Morgan fingerprint density at radius 1 is 0.767 bits per heavy atom. The Hall–Kier alpha value is -3.49. The zero-order valence-electron chi connectivity index (χ0n) is 17.3. The average molecular weight is 394 g/mol. The van der Waals surface area contributed by atoms with Gasteiger partial charge in [0, 0.05) is 22.3 Å². The second kappa shape index (κ2) is 8.89. The predicted octanol–water partition coefficient (Wildman–Crippen LogP) is 6.21. The summed E-state index contributed by atoms with van der Waals surface area (Å²) in [5, 5.41) is 0. The second-order valence-corrected chi connectivity index (χ2v) is 7.61. The summed E-state index contributed by atoms with van der Waals surface area (Å²) in [7, 11) is 1.64. The quantitative estimate of drug-likeness (QED) is 0.470. The molecule has 1 nitrogen and oxygen atoms in total. The van der Waals surface area contributed by atoms with Crippen LogP contribution in [-0.4, -0.2) is 7.11 Å². The molecule has 1 fully saturated rings. The van der Waals surface area contributed by atoms with Gasteiger partial charge in [0.15, 0.2) is 0 Å². The molecule has 0 radical (unpaired) electrons. The van der Waals surface area contributed by atoms with E-state index in [1.165, 1.54) is 5.56 Å². The van der Waals surface area contributed by atoms with Gasteiger partial charge in [-0.1, -0.05) is 47.8 Å². The predicted molar refractivity (Wildman–Crippen MR) is 119 cm³/mol. The number of hydrogen-bond donors (Lipinski definition) is 0. The first-order valence-electron chi connectivity index (χ1n) is 10.2. The lowest BCUT2D eigenvalue weighted by molar-refractivity contribution is 0.403. The highest BCUT2D eigenvalue weighted by molar-refractivity contribution is 5.54. The number of methoxy groups -OCH3 is 1. The van der Waals surface area contributed by atoms with Crippen molar-refractivity contribution in [2.45, 2.75) is 32.1 Å². The summed E-state index contributed by atoms with van der Waals surface area (Å²) in [6.07, 6.45) is 3.14. The summed E-state index contributed by atoms with van der Waals surface area (Å²) in [5.74, 6) is 13.2. The monoisotopic (exact) mass is 394 g/mol. The van der Waals surface area contributed by atoms with Crippen molar-refractivity contribution >= 4 is 0 Å². The summed E-state index contributed by atoms with van der Waals surface area (Å²) in [6, 6.07) is 19.2. The maximum absolute atomic E-state index is 15.4. The number of aryl methyl sites for hydroxylation is 1. The van der Waals surface area contributed by atoms with Crippen LogP contribution < -0.4 is 4.74 Å². The smallest absolute Gasteiger partial charge is 0.143 e. The molecule has 1 aliphatic rings. The molecule has 0 unspecified atom stereocenters. The highest BCUT2D eigenvalue weighted by atomic mass is 19.1. The molecular formula is C28H23FO. The molecule has 0 amide bonds. The van der Waals surface area contributed by atoms with E-state index in [1.54, 1.807) is 13.2 Å². The molecule has 0 N–H and O–H groups in total. The Morgan fingerprint density at radius 2 is 1.33 bits per heavy atom. The van der Waals surface area contributed by atoms with E-state index in [4.69, 9.17) is 4.74 Å². The molecule has 148 valence electrons. The molecule has 0 aromatic heterocycles. The minimum atomic E-state index is -0.221. The number of benzene rings is 3. The number of ether oxygens (including phenoxy) is 1. The van der Waals surface area contributed by atoms with Crippen LogP contribution in [0.5, 0.6) is 5.75 Å². The van der Waals surface area contributed by atoms with Gasteiger partial charge in [0.05, 0.1) is 12.7 Å². The summed E-state index contributed by atoms with van der Waals surface area (Å²) in [6.45, 7) is 2.04. The lowest BCUT2D eigenvalue weighted by atomic mass is 9.77. The van der Waals surface area contributed by atoms with Gasteiger partial charge >= 0.3 is 0 Å². The van der Waals surface area contributed by atoms with Crippen molar-refractivity contribution in [2.75, 3.05) is 7.11 Å². The van der Waals surface area contributed by atoms with E-state index in [-0.39, 0.29) is 11.7 Å². The van der Waals surface area contributed by atoms with E-state index < -0.39 is 0 Å². The van der Waals surface area contributed by atoms with Gasteiger partial charge in [-0.05, 0) is 74.2 Å².